The number of nitrogen functional groups attached to an aromatic ring is 1. The summed E-state index contributed by atoms with van der Waals surface area (Å²) in [5.74, 6) is 1.34. The van der Waals surface area contributed by atoms with Crippen molar-refractivity contribution in [3.8, 4) is 28.0 Å². The normalized spacial score (nSPS) is 12.5. The van der Waals surface area contributed by atoms with Crippen LogP contribution in [-0.4, -0.2) is 49.6 Å². The Bertz CT molecular complexity index is 1080. The Balaban J connectivity index is 1.61. The summed E-state index contributed by atoms with van der Waals surface area (Å²) in [7, 11) is 3.96. The summed E-state index contributed by atoms with van der Waals surface area (Å²) in [5, 5.41) is 2.95. The second-order valence-corrected chi connectivity index (χ2v) is 7.72. The molecule has 6 nitrogen and oxygen atoms in total. The highest BCUT2D eigenvalue weighted by molar-refractivity contribution is 5.95. The number of nitrogens with two attached hydrogens (primary N) is 1. The quantitative estimate of drug-likeness (QED) is 0.662. The van der Waals surface area contributed by atoms with Gasteiger partial charge in [-0.25, -0.2) is 4.98 Å². The molecule has 2 heterocycles. The molecule has 0 bridgehead atoms. The number of hydrogen-bond donors (Lipinski definition) is 2. The van der Waals surface area contributed by atoms with E-state index >= 15 is 0 Å². The third-order valence-electron chi connectivity index (χ3n) is 5.22. The largest absolute Gasteiger partial charge is 0.493 e. The predicted octanol–water partition coefficient (Wildman–Crippen LogP) is 3.22. The highest BCUT2D eigenvalue weighted by Gasteiger charge is 2.15. The van der Waals surface area contributed by atoms with E-state index < -0.39 is 0 Å². The van der Waals surface area contributed by atoms with Gasteiger partial charge in [0.2, 0.25) is 0 Å². The molecule has 2 aromatic carbocycles. The van der Waals surface area contributed by atoms with Gasteiger partial charge in [0.05, 0.1) is 6.61 Å². The molecule has 0 saturated carbocycles. The first kappa shape index (κ1) is 19.9. The van der Waals surface area contributed by atoms with Gasteiger partial charge in [-0.3, -0.25) is 4.79 Å². The first-order chi connectivity index (χ1) is 14.5. The molecule has 6 heteroatoms. The maximum absolute atomic E-state index is 12.5. The van der Waals surface area contributed by atoms with Crippen molar-refractivity contribution in [3.05, 3.63) is 65.9 Å². The number of anilines is 1. The van der Waals surface area contributed by atoms with Crippen LogP contribution in [0, 0.1) is 0 Å². The van der Waals surface area contributed by atoms with Crippen molar-refractivity contribution in [2.24, 2.45) is 0 Å². The molecule has 0 saturated heterocycles. The Morgan fingerprint density at radius 3 is 2.83 bits per heavy atom. The van der Waals surface area contributed by atoms with Crippen molar-refractivity contribution in [1.82, 2.24) is 15.2 Å². The Labute approximate surface area is 176 Å². The zero-order chi connectivity index (χ0) is 21.1. The first-order valence-corrected chi connectivity index (χ1v) is 10.1. The van der Waals surface area contributed by atoms with Crippen molar-refractivity contribution in [2.75, 3.05) is 39.5 Å². The van der Waals surface area contributed by atoms with Gasteiger partial charge in [0.1, 0.15) is 11.6 Å². The molecule has 3 N–H and O–H groups in total. The third kappa shape index (κ3) is 4.28. The Morgan fingerprint density at radius 1 is 1.13 bits per heavy atom. The van der Waals surface area contributed by atoms with Crippen LogP contribution < -0.4 is 15.8 Å². The number of fused-ring (bicyclic) bond motifs is 1. The Kier molecular flexibility index (Phi) is 5.68. The number of likely N-dealkylation sites (N-methyl/N-ethyl adjacent to an activating group) is 1. The number of amides is 1. The summed E-state index contributed by atoms with van der Waals surface area (Å²) >= 11 is 0. The average Bonchev–Trinajstić information content (AvgIpc) is 3.22. The van der Waals surface area contributed by atoms with E-state index in [-0.39, 0.29) is 5.91 Å². The minimum Gasteiger partial charge on any atom is -0.493 e. The molecule has 0 radical (unpaired) electrons. The van der Waals surface area contributed by atoms with Crippen LogP contribution in [0.25, 0.3) is 22.3 Å². The van der Waals surface area contributed by atoms with Gasteiger partial charge in [0.15, 0.2) is 0 Å². The molecule has 4 rings (SSSR count). The molecule has 0 atom stereocenters. The summed E-state index contributed by atoms with van der Waals surface area (Å²) in [6.07, 6.45) is 2.65. The van der Waals surface area contributed by atoms with Gasteiger partial charge in [-0.1, -0.05) is 18.2 Å². The zero-order valence-corrected chi connectivity index (χ0v) is 17.3. The van der Waals surface area contributed by atoms with Crippen LogP contribution in [0.5, 0.6) is 5.75 Å². The van der Waals surface area contributed by atoms with E-state index in [1.165, 1.54) is 5.56 Å². The fourth-order valence-corrected chi connectivity index (χ4v) is 3.55. The average molecular weight is 402 g/mol. The zero-order valence-electron chi connectivity index (χ0n) is 17.3. The maximum Gasteiger partial charge on any atom is 0.251 e. The van der Waals surface area contributed by atoms with E-state index in [4.69, 9.17) is 10.5 Å². The monoisotopic (exact) mass is 402 g/mol. The van der Waals surface area contributed by atoms with Crippen molar-refractivity contribution < 1.29 is 9.53 Å². The van der Waals surface area contributed by atoms with Crippen LogP contribution in [-0.2, 0) is 6.42 Å². The van der Waals surface area contributed by atoms with Gasteiger partial charge in [-0.05, 0) is 61.1 Å². The van der Waals surface area contributed by atoms with E-state index in [2.05, 4.69) is 16.4 Å². The number of aromatic nitrogens is 1. The number of nitrogens with one attached hydrogen (secondary N) is 1. The molecular weight excluding hydrogens is 376 g/mol. The van der Waals surface area contributed by atoms with Crippen molar-refractivity contribution >= 4 is 11.7 Å². The molecule has 1 aliphatic heterocycles. The number of rotatable bonds is 6. The van der Waals surface area contributed by atoms with Gasteiger partial charge in [0, 0.05) is 42.4 Å². The second kappa shape index (κ2) is 8.55. The fraction of sp³-hybridized carbons (Fsp3) is 0.250. The SMILES string of the molecule is CN(C)CCNC(=O)c1cccc(-c2cnc(N)c(-c3ccc4c(c3)CCO4)c2)c1. The van der Waals surface area contributed by atoms with Crippen LogP contribution >= 0.6 is 0 Å². The number of pyridine rings is 1. The van der Waals surface area contributed by atoms with E-state index in [9.17, 15) is 4.79 Å². The van der Waals surface area contributed by atoms with Crippen molar-refractivity contribution in [1.29, 1.82) is 0 Å². The predicted molar refractivity (Wildman–Crippen MR) is 120 cm³/mol. The van der Waals surface area contributed by atoms with Crippen LogP contribution in [0.3, 0.4) is 0 Å². The summed E-state index contributed by atoms with van der Waals surface area (Å²) in [4.78, 5) is 18.9. The van der Waals surface area contributed by atoms with Gasteiger partial charge < -0.3 is 20.7 Å². The molecule has 0 spiro atoms. The van der Waals surface area contributed by atoms with Crippen molar-refractivity contribution in [2.45, 2.75) is 6.42 Å². The molecule has 1 amide bonds. The van der Waals surface area contributed by atoms with Crippen LogP contribution in [0.15, 0.2) is 54.7 Å². The number of ether oxygens (including phenoxy) is 1. The van der Waals surface area contributed by atoms with E-state index in [0.717, 1.165) is 47.6 Å². The Morgan fingerprint density at radius 2 is 2.00 bits per heavy atom. The van der Waals surface area contributed by atoms with Crippen molar-refractivity contribution in [3.63, 3.8) is 0 Å². The van der Waals surface area contributed by atoms with Gasteiger partial charge in [-0.15, -0.1) is 0 Å². The third-order valence-corrected chi connectivity index (χ3v) is 5.22. The molecule has 154 valence electrons. The minimum absolute atomic E-state index is 0.0825. The number of nitrogens with zero attached hydrogens (tertiary/aromatic N) is 2. The highest BCUT2D eigenvalue weighted by atomic mass is 16.5. The second-order valence-electron chi connectivity index (χ2n) is 7.72. The standard InChI is InChI=1S/C24H26N4O2/c1-28(2)10-9-26-24(29)19-5-3-4-16(12-19)20-14-21(23(25)27-15-20)17-6-7-22-18(13-17)8-11-30-22/h3-7,12-15H,8-11H2,1-2H3,(H2,25,27)(H,26,29). The molecule has 0 unspecified atom stereocenters. The molecular formula is C24H26N4O2. The summed E-state index contributed by atoms with van der Waals surface area (Å²) in [6, 6.07) is 15.7. The topological polar surface area (TPSA) is 80.5 Å². The van der Waals surface area contributed by atoms with Gasteiger partial charge >= 0.3 is 0 Å². The molecule has 1 aromatic heterocycles. The summed E-state index contributed by atoms with van der Waals surface area (Å²) in [6.45, 7) is 2.12. The van der Waals surface area contributed by atoms with Gasteiger partial charge in [0.25, 0.3) is 5.91 Å². The fourth-order valence-electron chi connectivity index (χ4n) is 3.55. The maximum atomic E-state index is 12.5. The minimum atomic E-state index is -0.0825. The van der Waals surface area contributed by atoms with Crippen LogP contribution in [0.4, 0.5) is 5.82 Å². The number of carbonyl (C=O) groups excluding carboxylic acids is 1. The molecule has 30 heavy (non-hydrogen) atoms. The lowest BCUT2D eigenvalue weighted by Crippen LogP contribution is -2.31. The number of benzene rings is 2. The lowest BCUT2D eigenvalue weighted by atomic mass is 9.98. The van der Waals surface area contributed by atoms with Crippen LogP contribution in [0.2, 0.25) is 0 Å². The summed E-state index contributed by atoms with van der Waals surface area (Å²) in [5.41, 5.74) is 11.7. The molecule has 0 fully saturated rings. The molecule has 3 aromatic rings. The molecule has 1 aliphatic rings. The highest BCUT2D eigenvalue weighted by Crippen LogP contribution is 2.34. The van der Waals surface area contributed by atoms with E-state index in [1.54, 1.807) is 6.20 Å². The van der Waals surface area contributed by atoms with Gasteiger partial charge in [-0.2, -0.15) is 0 Å². The van der Waals surface area contributed by atoms with E-state index in [0.29, 0.717) is 17.9 Å². The number of carbonyl (C=O) groups is 1. The lowest BCUT2D eigenvalue weighted by molar-refractivity contribution is 0.0951. The molecule has 0 aliphatic carbocycles. The first-order valence-electron chi connectivity index (χ1n) is 10.1. The smallest absolute Gasteiger partial charge is 0.251 e. The lowest BCUT2D eigenvalue weighted by Gasteiger charge is -2.12. The Hall–Kier alpha value is -3.38. The van der Waals surface area contributed by atoms with E-state index in [1.807, 2.05) is 61.5 Å². The number of hydrogen-bond acceptors (Lipinski definition) is 5. The van der Waals surface area contributed by atoms with Crippen LogP contribution in [0.1, 0.15) is 15.9 Å². The summed E-state index contributed by atoms with van der Waals surface area (Å²) < 4.78 is 5.60.